The van der Waals surface area contributed by atoms with Crippen molar-refractivity contribution in [3.8, 4) is 0 Å². The van der Waals surface area contributed by atoms with Gasteiger partial charge in [0.2, 0.25) is 11.8 Å². The third-order valence-electron chi connectivity index (χ3n) is 2.46. The number of rotatable bonds is 8. The molecule has 0 aliphatic heterocycles. The van der Waals surface area contributed by atoms with Crippen LogP contribution in [0, 0.1) is 0 Å². The van der Waals surface area contributed by atoms with E-state index in [-0.39, 0.29) is 17.9 Å². The van der Waals surface area contributed by atoms with Gasteiger partial charge in [0.15, 0.2) is 0 Å². The fraction of sp³-hybridized carbons (Fsp3) is 0.500. The first kappa shape index (κ1) is 14.2. The highest BCUT2D eigenvalue weighted by Crippen LogP contribution is 1.98. The summed E-state index contributed by atoms with van der Waals surface area (Å²) in [4.78, 5) is 22.2. The lowest BCUT2D eigenvalue weighted by Gasteiger charge is -2.13. The molecule has 6 heteroatoms. The Bertz CT molecular complexity index is 376. The van der Waals surface area contributed by atoms with Gasteiger partial charge in [0.1, 0.15) is 5.76 Å². The Kier molecular flexibility index (Phi) is 5.93. The summed E-state index contributed by atoms with van der Waals surface area (Å²) < 4.78 is 5.10. The number of furan rings is 1. The highest BCUT2D eigenvalue weighted by atomic mass is 16.3. The van der Waals surface area contributed by atoms with Crippen LogP contribution in [0.2, 0.25) is 0 Å². The minimum Gasteiger partial charge on any atom is -0.467 e. The van der Waals surface area contributed by atoms with Gasteiger partial charge in [-0.15, -0.1) is 0 Å². The van der Waals surface area contributed by atoms with Crippen LogP contribution in [-0.4, -0.2) is 24.4 Å². The van der Waals surface area contributed by atoms with Gasteiger partial charge < -0.3 is 20.8 Å². The summed E-state index contributed by atoms with van der Waals surface area (Å²) in [5.74, 6) is 0.279. The SMILES string of the molecule is CC(NCCCC(N)=O)C(=O)NCc1ccco1. The van der Waals surface area contributed by atoms with Crippen LogP contribution in [-0.2, 0) is 16.1 Å². The van der Waals surface area contributed by atoms with Crippen molar-refractivity contribution in [1.29, 1.82) is 0 Å². The van der Waals surface area contributed by atoms with Gasteiger partial charge in [-0.2, -0.15) is 0 Å². The molecule has 0 aliphatic carbocycles. The van der Waals surface area contributed by atoms with Gasteiger partial charge in [-0.1, -0.05) is 0 Å². The monoisotopic (exact) mass is 253 g/mol. The summed E-state index contributed by atoms with van der Waals surface area (Å²) in [6.07, 6.45) is 2.52. The van der Waals surface area contributed by atoms with Crippen LogP contribution in [0.15, 0.2) is 22.8 Å². The summed E-state index contributed by atoms with van der Waals surface area (Å²) in [5.41, 5.74) is 5.01. The van der Waals surface area contributed by atoms with E-state index in [2.05, 4.69) is 10.6 Å². The molecule has 0 radical (unpaired) electrons. The number of nitrogens with two attached hydrogens (primary N) is 1. The van der Waals surface area contributed by atoms with E-state index in [1.165, 1.54) is 0 Å². The molecule has 1 heterocycles. The third-order valence-corrected chi connectivity index (χ3v) is 2.46. The molecule has 1 rings (SSSR count). The highest BCUT2D eigenvalue weighted by Gasteiger charge is 2.11. The summed E-state index contributed by atoms with van der Waals surface area (Å²) >= 11 is 0. The van der Waals surface area contributed by atoms with E-state index in [0.29, 0.717) is 31.7 Å². The Labute approximate surface area is 106 Å². The van der Waals surface area contributed by atoms with E-state index in [1.54, 1.807) is 25.3 Å². The molecular weight excluding hydrogens is 234 g/mol. The molecule has 18 heavy (non-hydrogen) atoms. The number of hydrogen-bond acceptors (Lipinski definition) is 4. The van der Waals surface area contributed by atoms with Crippen molar-refractivity contribution in [2.75, 3.05) is 6.54 Å². The van der Waals surface area contributed by atoms with E-state index in [1.807, 2.05) is 0 Å². The first-order valence-electron chi connectivity index (χ1n) is 5.91. The second-order valence-corrected chi connectivity index (χ2v) is 4.04. The Hall–Kier alpha value is -1.82. The Morgan fingerprint density at radius 2 is 2.28 bits per heavy atom. The molecule has 2 amide bonds. The van der Waals surface area contributed by atoms with E-state index < -0.39 is 0 Å². The molecule has 100 valence electrons. The van der Waals surface area contributed by atoms with E-state index in [4.69, 9.17) is 10.2 Å². The molecule has 1 aromatic rings. The van der Waals surface area contributed by atoms with E-state index >= 15 is 0 Å². The molecule has 0 saturated carbocycles. The maximum absolute atomic E-state index is 11.7. The molecule has 0 bridgehead atoms. The summed E-state index contributed by atoms with van der Waals surface area (Å²) in [6.45, 7) is 2.72. The van der Waals surface area contributed by atoms with Crippen molar-refractivity contribution in [3.63, 3.8) is 0 Å². The highest BCUT2D eigenvalue weighted by molar-refractivity contribution is 5.81. The van der Waals surface area contributed by atoms with Crippen LogP contribution in [0.25, 0.3) is 0 Å². The van der Waals surface area contributed by atoms with E-state index in [0.717, 1.165) is 0 Å². The molecule has 1 aromatic heterocycles. The van der Waals surface area contributed by atoms with Gasteiger partial charge in [0.05, 0.1) is 18.8 Å². The Balaban J connectivity index is 2.14. The quantitative estimate of drug-likeness (QED) is 0.574. The van der Waals surface area contributed by atoms with Gasteiger partial charge >= 0.3 is 0 Å². The zero-order valence-corrected chi connectivity index (χ0v) is 10.4. The molecule has 0 fully saturated rings. The minimum atomic E-state index is -0.327. The van der Waals surface area contributed by atoms with E-state index in [9.17, 15) is 9.59 Å². The van der Waals surface area contributed by atoms with Gasteiger partial charge in [-0.3, -0.25) is 9.59 Å². The Morgan fingerprint density at radius 1 is 1.50 bits per heavy atom. The van der Waals surface area contributed by atoms with Crippen molar-refractivity contribution in [3.05, 3.63) is 24.2 Å². The average molecular weight is 253 g/mol. The topological polar surface area (TPSA) is 97.4 Å². The molecule has 0 aliphatic rings. The lowest BCUT2D eigenvalue weighted by molar-refractivity contribution is -0.123. The maximum atomic E-state index is 11.7. The standard InChI is InChI=1S/C12H19N3O3/c1-9(14-6-2-5-11(13)16)12(17)15-8-10-4-3-7-18-10/h3-4,7,9,14H,2,5-6,8H2,1H3,(H2,13,16)(H,15,17). The van der Waals surface area contributed by atoms with Crippen LogP contribution in [0.1, 0.15) is 25.5 Å². The molecular formula is C12H19N3O3. The van der Waals surface area contributed by atoms with Crippen LogP contribution < -0.4 is 16.4 Å². The van der Waals surface area contributed by atoms with Crippen molar-refractivity contribution >= 4 is 11.8 Å². The summed E-state index contributed by atoms with van der Waals surface area (Å²) in [7, 11) is 0. The van der Waals surface area contributed by atoms with Crippen LogP contribution in [0.3, 0.4) is 0 Å². The van der Waals surface area contributed by atoms with Crippen molar-refractivity contribution in [2.45, 2.75) is 32.4 Å². The van der Waals surface area contributed by atoms with Crippen molar-refractivity contribution in [1.82, 2.24) is 10.6 Å². The smallest absolute Gasteiger partial charge is 0.237 e. The lowest BCUT2D eigenvalue weighted by atomic mass is 10.2. The summed E-state index contributed by atoms with van der Waals surface area (Å²) in [5, 5.41) is 5.77. The fourth-order valence-corrected chi connectivity index (χ4v) is 1.41. The molecule has 1 unspecified atom stereocenters. The molecule has 0 saturated heterocycles. The number of carbonyl (C=O) groups is 2. The predicted molar refractivity (Wildman–Crippen MR) is 66.4 cm³/mol. The van der Waals surface area contributed by atoms with Gasteiger partial charge in [0.25, 0.3) is 0 Å². The third kappa shape index (κ3) is 5.49. The van der Waals surface area contributed by atoms with Crippen LogP contribution in [0.5, 0.6) is 0 Å². The number of carbonyl (C=O) groups excluding carboxylic acids is 2. The van der Waals surface area contributed by atoms with Gasteiger partial charge in [-0.05, 0) is 32.0 Å². The number of nitrogens with one attached hydrogen (secondary N) is 2. The first-order valence-corrected chi connectivity index (χ1v) is 5.91. The second-order valence-electron chi connectivity index (χ2n) is 4.04. The molecule has 0 aromatic carbocycles. The molecule has 0 spiro atoms. The number of amides is 2. The number of hydrogen-bond donors (Lipinski definition) is 3. The van der Waals surface area contributed by atoms with Gasteiger partial charge in [0, 0.05) is 6.42 Å². The summed E-state index contributed by atoms with van der Waals surface area (Å²) in [6, 6.07) is 3.26. The molecule has 1 atom stereocenters. The number of primary amides is 1. The predicted octanol–water partition coefficient (Wildman–Crippen LogP) is 0.139. The molecule has 4 N–H and O–H groups in total. The maximum Gasteiger partial charge on any atom is 0.237 e. The molecule has 6 nitrogen and oxygen atoms in total. The van der Waals surface area contributed by atoms with Gasteiger partial charge in [-0.25, -0.2) is 0 Å². The largest absolute Gasteiger partial charge is 0.467 e. The van der Waals surface area contributed by atoms with Crippen molar-refractivity contribution < 1.29 is 14.0 Å². The normalized spacial score (nSPS) is 12.1. The lowest BCUT2D eigenvalue weighted by Crippen LogP contribution is -2.42. The fourth-order valence-electron chi connectivity index (χ4n) is 1.41. The zero-order valence-electron chi connectivity index (χ0n) is 10.4. The average Bonchev–Trinajstić information content (AvgIpc) is 2.84. The minimum absolute atomic E-state index is 0.106. The van der Waals surface area contributed by atoms with Crippen molar-refractivity contribution in [2.24, 2.45) is 5.73 Å². The Morgan fingerprint density at radius 3 is 2.89 bits per heavy atom. The second kappa shape index (κ2) is 7.50. The zero-order chi connectivity index (χ0) is 13.4. The van der Waals surface area contributed by atoms with Crippen LogP contribution in [0.4, 0.5) is 0 Å². The first-order chi connectivity index (χ1) is 8.59. The van der Waals surface area contributed by atoms with Crippen LogP contribution >= 0.6 is 0 Å².